The van der Waals surface area contributed by atoms with E-state index >= 15 is 0 Å². The summed E-state index contributed by atoms with van der Waals surface area (Å²) in [4.78, 5) is 0. The van der Waals surface area contributed by atoms with Gasteiger partial charge < -0.3 is 20.3 Å². The maximum Gasteiger partial charge on any atom is 0.161 e. The third kappa shape index (κ3) is 3.91. The number of aliphatic hydroxyl groups excluding tert-OH is 1. The Labute approximate surface area is 102 Å². The van der Waals surface area contributed by atoms with Crippen LogP contribution in [-0.4, -0.2) is 24.9 Å². The molecule has 4 nitrogen and oxygen atoms in total. The normalized spacial score (nSPS) is 14.2. The second-order valence-electron chi connectivity index (χ2n) is 4.03. The van der Waals surface area contributed by atoms with E-state index in [-0.39, 0.29) is 6.04 Å². The Hall–Kier alpha value is -1.26. The summed E-state index contributed by atoms with van der Waals surface area (Å²) in [7, 11) is 1.60. The Morgan fingerprint density at radius 3 is 2.59 bits per heavy atom. The van der Waals surface area contributed by atoms with E-state index in [1.807, 2.05) is 25.1 Å². The maximum atomic E-state index is 9.32. The predicted molar refractivity (Wildman–Crippen MR) is 67.4 cm³/mol. The molecule has 0 aliphatic rings. The molecule has 3 N–H and O–H groups in total. The molecule has 0 aromatic heterocycles. The van der Waals surface area contributed by atoms with Crippen LogP contribution in [0.3, 0.4) is 0 Å². The van der Waals surface area contributed by atoms with E-state index < -0.39 is 6.10 Å². The van der Waals surface area contributed by atoms with Gasteiger partial charge in [-0.2, -0.15) is 0 Å². The second kappa shape index (κ2) is 6.47. The lowest BCUT2D eigenvalue weighted by molar-refractivity contribution is 0.175. The lowest BCUT2D eigenvalue weighted by Crippen LogP contribution is -2.16. The van der Waals surface area contributed by atoms with Gasteiger partial charge in [-0.3, -0.25) is 0 Å². The average molecular weight is 239 g/mol. The highest BCUT2D eigenvalue weighted by atomic mass is 16.5. The largest absolute Gasteiger partial charge is 0.493 e. The summed E-state index contributed by atoms with van der Waals surface area (Å²) in [5, 5.41) is 9.32. The fourth-order valence-electron chi connectivity index (χ4n) is 1.70. The van der Waals surface area contributed by atoms with Gasteiger partial charge in [0.2, 0.25) is 0 Å². The number of hydrogen-bond acceptors (Lipinski definition) is 4. The van der Waals surface area contributed by atoms with Crippen molar-refractivity contribution in [3.8, 4) is 11.5 Å². The van der Waals surface area contributed by atoms with Crippen LogP contribution in [-0.2, 0) is 0 Å². The number of hydrogen-bond donors (Lipinski definition) is 2. The zero-order valence-corrected chi connectivity index (χ0v) is 10.6. The molecule has 0 amide bonds. The summed E-state index contributed by atoms with van der Waals surface area (Å²) in [6, 6.07) is 5.41. The monoisotopic (exact) mass is 239 g/mol. The van der Waals surface area contributed by atoms with Gasteiger partial charge in [-0.1, -0.05) is 6.07 Å². The Morgan fingerprint density at radius 1 is 1.35 bits per heavy atom. The van der Waals surface area contributed by atoms with Crippen molar-refractivity contribution in [1.82, 2.24) is 0 Å². The van der Waals surface area contributed by atoms with Crippen molar-refractivity contribution < 1.29 is 14.6 Å². The Bertz CT molecular complexity index is 353. The molecule has 1 aromatic rings. The van der Waals surface area contributed by atoms with E-state index in [1.54, 1.807) is 14.0 Å². The molecule has 2 atom stereocenters. The van der Waals surface area contributed by atoms with Crippen LogP contribution >= 0.6 is 0 Å². The molecule has 0 bridgehead atoms. The lowest BCUT2D eigenvalue weighted by atomic mass is 10.0. The predicted octanol–water partition coefficient (Wildman–Crippen LogP) is 1.86. The first-order valence-electron chi connectivity index (χ1n) is 5.82. The molecule has 1 rings (SSSR count). The van der Waals surface area contributed by atoms with Gasteiger partial charge in [-0.25, -0.2) is 0 Å². The minimum atomic E-state index is -0.414. The summed E-state index contributed by atoms with van der Waals surface area (Å²) in [6.45, 7) is 4.22. The van der Waals surface area contributed by atoms with Crippen molar-refractivity contribution in [1.29, 1.82) is 0 Å². The number of nitrogens with two attached hydrogens (primary N) is 1. The lowest BCUT2D eigenvalue weighted by Gasteiger charge is -2.16. The number of ether oxygens (including phenoxy) is 2. The Morgan fingerprint density at radius 2 is 2.06 bits per heavy atom. The van der Waals surface area contributed by atoms with Gasteiger partial charge in [0.15, 0.2) is 11.5 Å². The van der Waals surface area contributed by atoms with Crippen molar-refractivity contribution in [3.05, 3.63) is 23.8 Å². The summed E-state index contributed by atoms with van der Waals surface area (Å²) in [5.41, 5.74) is 6.94. The Kier molecular flexibility index (Phi) is 5.25. The SMILES string of the molecule is CCOc1cc(C(N)C[C@@H](C)O)ccc1OC. The zero-order chi connectivity index (χ0) is 12.8. The minimum Gasteiger partial charge on any atom is -0.493 e. The average Bonchev–Trinajstić information content (AvgIpc) is 2.28. The third-order valence-corrected chi connectivity index (χ3v) is 2.51. The smallest absolute Gasteiger partial charge is 0.161 e. The molecule has 96 valence electrons. The molecule has 0 fully saturated rings. The molecule has 0 saturated heterocycles. The standard InChI is InChI=1S/C13H21NO3/c1-4-17-13-8-10(5-6-12(13)16-3)11(14)7-9(2)15/h5-6,8-9,11,15H,4,7,14H2,1-3H3/t9-,11?/m1/s1. The molecule has 0 aliphatic carbocycles. The fraction of sp³-hybridized carbons (Fsp3) is 0.538. The molecular weight excluding hydrogens is 218 g/mol. The van der Waals surface area contributed by atoms with Crippen molar-refractivity contribution in [2.75, 3.05) is 13.7 Å². The van der Waals surface area contributed by atoms with Gasteiger partial charge in [-0.05, 0) is 38.0 Å². The maximum absolute atomic E-state index is 9.32. The highest BCUT2D eigenvalue weighted by Crippen LogP contribution is 2.30. The summed E-state index contributed by atoms with van der Waals surface area (Å²) in [5.74, 6) is 1.38. The third-order valence-electron chi connectivity index (χ3n) is 2.51. The number of rotatable bonds is 6. The molecule has 0 saturated carbocycles. The van der Waals surface area contributed by atoms with Crippen LogP contribution < -0.4 is 15.2 Å². The summed E-state index contributed by atoms with van der Waals surface area (Å²) in [6.07, 6.45) is 0.111. The van der Waals surface area contributed by atoms with Gasteiger partial charge in [0.05, 0.1) is 19.8 Å². The molecular formula is C13H21NO3. The van der Waals surface area contributed by atoms with E-state index in [0.29, 0.717) is 24.5 Å². The van der Waals surface area contributed by atoms with Crippen LogP contribution in [0.25, 0.3) is 0 Å². The van der Waals surface area contributed by atoms with E-state index in [1.165, 1.54) is 0 Å². The molecule has 0 spiro atoms. The highest BCUT2D eigenvalue weighted by Gasteiger charge is 2.12. The molecule has 1 aromatic carbocycles. The van der Waals surface area contributed by atoms with Gasteiger partial charge in [0.25, 0.3) is 0 Å². The molecule has 1 unspecified atom stereocenters. The number of benzene rings is 1. The van der Waals surface area contributed by atoms with Crippen LogP contribution in [0, 0.1) is 0 Å². The van der Waals surface area contributed by atoms with Crippen LogP contribution in [0.2, 0.25) is 0 Å². The molecule has 4 heteroatoms. The van der Waals surface area contributed by atoms with Crippen molar-refractivity contribution in [3.63, 3.8) is 0 Å². The molecule has 0 aliphatic heterocycles. The quantitative estimate of drug-likeness (QED) is 0.795. The van der Waals surface area contributed by atoms with Gasteiger partial charge in [-0.15, -0.1) is 0 Å². The van der Waals surface area contributed by atoms with Crippen LogP contribution in [0.5, 0.6) is 11.5 Å². The highest BCUT2D eigenvalue weighted by molar-refractivity contribution is 5.43. The topological polar surface area (TPSA) is 64.7 Å². The molecule has 0 heterocycles. The van der Waals surface area contributed by atoms with Crippen LogP contribution in [0.1, 0.15) is 31.9 Å². The van der Waals surface area contributed by atoms with E-state index in [0.717, 1.165) is 5.56 Å². The van der Waals surface area contributed by atoms with Crippen molar-refractivity contribution in [2.45, 2.75) is 32.4 Å². The summed E-state index contributed by atoms with van der Waals surface area (Å²) >= 11 is 0. The zero-order valence-electron chi connectivity index (χ0n) is 10.6. The Balaban J connectivity index is 2.90. The number of methoxy groups -OCH3 is 1. The van der Waals surface area contributed by atoms with Crippen molar-refractivity contribution >= 4 is 0 Å². The fourth-order valence-corrected chi connectivity index (χ4v) is 1.70. The van der Waals surface area contributed by atoms with Crippen molar-refractivity contribution in [2.24, 2.45) is 5.73 Å². The van der Waals surface area contributed by atoms with Gasteiger partial charge in [0.1, 0.15) is 0 Å². The van der Waals surface area contributed by atoms with Gasteiger partial charge in [0, 0.05) is 6.04 Å². The first-order chi connectivity index (χ1) is 8.08. The second-order valence-corrected chi connectivity index (χ2v) is 4.03. The first kappa shape index (κ1) is 13.8. The van der Waals surface area contributed by atoms with Crippen LogP contribution in [0.15, 0.2) is 18.2 Å². The molecule has 0 radical (unpaired) electrons. The summed E-state index contributed by atoms with van der Waals surface area (Å²) < 4.78 is 10.7. The van der Waals surface area contributed by atoms with Crippen LogP contribution in [0.4, 0.5) is 0 Å². The van der Waals surface area contributed by atoms with E-state index in [9.17, 15) is 5.11 Å². The van der Waals surface area contributed by atoms with E-state index in [2.05, 4.69) is 0 Å². The van der Waals surface area contributed by atoms with Gasteiger partial charge >= 0.3 is 0 Å². The molecule has 17 heavy (non-hydrogen) atoms. The number of aliphatic hydroxyl groups is 1. The first-order valence-corrected chi connectivity index (χ1v) is 5.82. The van der Waals surface area contributed by atoms with E-state index in [4.69, 9.17) is 15.2 Å². The minimum absolute atomic E-state index is 0.194.